The van der Waals surface area contributed by atoms with E-state index in [4.69, 9.17) is 18.0 Å². The Morgan fingerprint density at radius 2 is 2.25 bits per heavy atom. The molecule has 0 aliphatic heterocycles. The second-order valence-corrected chi connectivity index (χ2v) is 5.05. The first kappa shape index (κ1) is 14.4. The predicted molar refractivity (Wildman–Crippen MR) is 82.7 cm³/mol. The monoisotopic (exact) mass is 290 g/mol. The zero-order chi connectivity index (χ0) is 14.5. The van der Waals surface area contributed by atoms with Gasteiger partial charge in [0.05, 0.1) is 11.8 Å². The maximum Gasteiger partial charge on any atom is 0.136 e. The average molecular weight is 290 g/mol. The largest absolute Gasteiger partial charge is 0.389 e. The Labute approximate surface area is 123 Å². The lowest BCUT2D eigenvalue weighted by molar-refractivity contribution is 0.569. The molecule has 0 bridgehead atoms. The van der Waals surface area contributed by atoms with Crippen LogP contribution in [0, 0.1) is 13.8 Å². The first-order valence-electron chi connectivity index (χ1n) is 6.44. The molecule has 0 atom stereocenters. The van der Waals surface area contributed by atoms with Gasteiger partial charge < -0.3 is 11.1 Å². The molecule has 20 heavy (non-hydrogen) atoms. The second kappa shape index (κ2) is 6.42. The number of nitrogens with one attached hydrogen (secondary N) is 1. The van der Waals surface area contributed by atoms with Crippen molar-refractivity contribution >= 4 is 23.0 Å². The fourth-order valence-electron chi connectivity index (χ4n) is 2.08. The summed E-state index contributed by atoms with van der Waals surface area (Å²) in [5.74, 6) is 0.758. The summed E-state index contributed by atoms with van der Waals surface area (Å²) in [4.78, 5) is 4.85. The van der Waals surface area contributed by atoms with Crippen molar-refractivity contribution < 1.29 is 0 Å². The Morgan fingerprint density at radius 3 is 2.90 bits per heavy atom. The van der Waals surface area contributed by atoms with E-state index in [0.29, 0.717) is 4.99 Å². The van der Waals surface area contributed by atoms with Crippen LogP contribution in [0.2, 0.25) is 0 Å². The highest BCUT2D eigenvalue weighted by molar-refractivity contribution is 7.80. The van der Waals surface area contributed by atoms with E-state index >= 15 is 0 Å². The van der Waals surface area contributed by atoms with E-state index in [1.165, 1.54) is 0 Å². The third-order valence-electron chi connectivity index (χ3n) is 2.92. The molecule has 0 saturated carbocycles. The molecule has 2 aromatic rings. The Hall–Kier alpha value is -2.02. The molecule has 0 aliphatic rings. The van der Waals surface area contributed by atoms with Crippen LogP contribution in [0.5, 0.6) is 0 Å². The summed E-state index contributed by atoms with van der Waals surface area (Å²) in [6.45, 7) is 5.52. The number of rotatable bonds is 6. The van der Waals surface area contributed by atoms with Crippen LogP contribution in [-0.2, 0) is 6.54 Å². The van der Waals surface area contributed by atoms with Crippen LogP contribution < -0.4 is 11.1 Å². The topological polar surface area (TPSA) is 81.6 Å². The van der Waals surface area contributed by atoms with Crippen molar-refractivity contribution in [2.75, 3.05) is 11.9 Å². The van der Waals surface area contributed by atoms with Crippen LogP contribution in [0.3, 0.4) is 0 Å². The fraction of sp³-hybridized carbons (Fsp3) is 0.385. The van der Waals surface area contributed by atoms with Gasteiger partial charge in [-0.05, 0) is 31.9 Å². The van der Waals surface area contributed by atoms with Gasteiger partial charge in [0.15, 0.2) is 0 Å². The maximum atomic E-state index is 5.78. The van der Waals surface area contributed by atoms with Crippen LogP contribution in [0.1, 0.15) is 23.2 Å². The van der Waals surface area contributed by atoms with E-state index in [1.54, 1.807) is 10.9 Å². The molecule has 0 saturated heterocycles. The molecule has 106 valence electrons. The Balaban J connectivity index is 1.99. The molecule has 0 unspecified atom stereocenters. The number of thiocarbonyl (C=S) groups is 1. The highest BCUT2D eigenvalue weighted by Crippen LogP contribution is 2.18. The summed E-state index contributed by atoms with van der Waals surface area (Å²) in [5, 5.41) is 11.0. The molecule has 6 nitrogen and oxygen atoms in total. The minimum Gasteiger partial charge on any atom is -0.389 e. The van der Waals surface area contributed by atoms with Crippen molar-refractivity contribution in [3.63, 3.8) is 0 Å². The minimum absolute atomic E-state index is 0.369. The van der Waals surface area contributed by atoms with Crippen LogP contribution >= 0.6 is 12.2 Å². The molecule has 0 aromatic carbocycles. The Morgan fingerprint density at radius 1 is 1.45 bits per heavy atom. The number of hydrogen-bond donors (Lipinski definition) is 2. The lowest BCUT2D eigenvalue weighted by Gasteiger charge is -2.13. The first-order chi connectivity index (χ1) is 9.58. The number of pyridine rings is 1. The number of aromatic nitrogens is 4. The van der Waals surface area contributed by atoms with Crippen LogP contribution in [-0.4, -0.2) is 31.5 Å². The Kier molecular flexibility index (Phi) is 4.62. The van der Waals surface area contributed by atoms with Crippen molar-refractivity contribution in [3.8, 4) is 0 Å². The number of nitrogens with zero attached hydrogens (tertiary/aromatic N) is 4. The van der Waals surface area contributed by atoms with Crippen LogP contribution in [0.4, 0.5) is 5.82 Å². The van der Waals surface area contributed by atoms with Crippen LogP contribution in [0.15, 0.2) is 18.5 Å². The average Bonchev–Trinajstić information content (AvgIpc) is 2.86. The van der Waals surface area contributed by atoms with E-state index in [1.807, 2.05) is 26.1 Å². The van der Waals surface area contributed by atoms with E-state index in [-0.39, 0.29) is 0 Å². The number of hydrogen-bond acceptors (Lipinski definition) is 5. The minimum atomic E-state index is 0.369. The van der Waals surface area contributed by atoms with E-state index in [9.17, 15) is 0 Å². The first-order valence-corrected chi connectivity index (χ1v) is 6.85. The van der Waals surface area contributed by atoms with Gasteiger partial charge in [-0.1, -0.05) is 17.4 Å². The summed E-state index contributed by atoms with van der Waals surface area (Å²) in [6, 6.07) is 1.98. The molecule has 2 rings (SSSR count). The lowest BCUT2D eigenvalue weighted by atomic mass is 10.1. The highest BCUT2D eigenvalue weighted by Gasteiger charge is 2.10. The standard InChI is InChI=1S/C13H18N6S/c1-9-8-10(2)17-13(11(9)12(14)20)15-4-3-6-19-7-5-16-18-19/h5,7-8H,3-4,6H2,1-2H3,(H2,14,20)(H,15,17). The van der Waals surface area contributed by atoms with E-state index in [0.717, 1.165) is 42.1 Å². The summed E-state index contributed by atoms with van der Waals surface area (Å²) in [5.41, 5.74) is 8.59. The molecule has 0 radical (unpaired) electrons. The number of aryl methyl sites for hydroxylation is 3. The smallest absolute Gasteiger partial charge is 0.136 e. The second-order valence-electron chi connectivity index (χ2n) is 4.61. The van der Waals surface area contributed by atoms with Gasteiger partial charge in [-0.25, -0.2) is 4.98 Å². The molecule has 0 spiro atoms. The summed E-state index contributed by atoms with van der Waals surface area (Å²) < 4.78 is 1.80. The number of anilines is 1. The van der Waals surface area contributed by atoms with Gasteiger partial charge in [0.2, 0.25) is 0 Å². The quantitative estimate of drug-likeness (QED) is 0.618. The molecule has 2 heterocycles. The van der Waals surface area contributed by atoms with Crippen molar-refractivity contribution in [1.82, 2.24) is 20.0 Å². The summed E-state index contributed by atoms with van der Waals surface area (Å²) in [7, 11) is 0. The van der Waals surface area contributed by atoms with Gasteiger partial charge in [-0.15, -0.1) is 5.10 Å². The van der Waals surface area contributed by atoms with Crippen LogP contribution in [0.25, 0.3) is 0 Å². The summed E-state index contributed by atoms with van der Waals surface area (Å²) in [6.07, 6.45) is 4.42. The third-order valence-corrected chi connectivity index (χ3v) is 3.12. The van der Waals surface area contributed by atoms with Crippen molar-refractivity contribution in [1.29, 1.82) is 0 Å². The van der Waals surface area contributed by atoms with Crippen molar-refractivity contribution in [2.24, 2.45) is 5.73 Å². The molecule has 7 heteroatoms. The molecule has 3 N–H and O–H groups in total. The van der Waals surface area contributed by atoms with Gasteiger partial charge in [0.25, 0.3) is 0 Å². The van der Waals surface area contributed by atoms with Gasteiger partial charge in [-0.3, -0.25) is 4.68 Å². The van der Waals surface area contributed by atoms with Gasteiger partial charge >= 0.3 is 0 Å². The molecular formula is C13H18N6S. The Bertz CT molecular complexity index is 593. The maximum absolute atomic E-state index is 5.78. The molecule has 0 amide bonds. The van der Waals surface area contributed by atoms with Crippen molar-refractivity contribution in [3.05, 3.63) is 35.3 Å². The third kappa shape index (κ3) is 3.51. The molecule has 0 aliphatic carbocycles. The number of nitrogens with two attached hydrogens (primary N) is 1. The molecule has 0 fully saturated rings. The SMILES string of the molecule is Cc1cc(C)c(C(N)=S)c(NCCCn2ccnn2)n1. The molecule has 2 aromatic heterocycles. The summed E-state index contributed by atoms with van der Waals surface area (Å²) >= 11 is 5.10. The van der Waals surface area contributed by atoms with Gasteiger partial charge in [0.1, 0.15) is 10.8 Å². The van der Waals surface area contributed by atoms with Crippen molar-refractivity contribution in [2.45, 2.75) is 26.8 Å². The predicted octanol–water partition coefficient (Wildman–Crippen LogP) is 1.43. The van der Waals surface area contributed by atoms with E-state index in [2.05, 4.69) is 20.6 Å². The zero-order valence-electron chi connectivity index (χ0n) is 11.6. The highest BCUT2D eigenvalue weighted by atomic mass is 32.1. The fourth-order valence-corrected chi connectivity index (χ4v) is 2.33. The van der Waals surface area contributed by atoms with Gasteiger partial charge in [0, 0.05) is 25.0 Å². The molecular weight excluding hydrogens is 272 g/mol. The normalized spacial score (nSPS) is 10.5. The van der Waals surface area contributed by atoms with E-state index < -0.39 is 0 Å². The lowest BCUT2D eigenvalue weighted by Crippen LogP contribution is -2.18. The zero-order valence-corrected chi connectivity index (χ0v) is 12.4. The van der Waals surface area contributed by atoms with Gasteiger partial charge in [-0.2, -0.15) is 0 Å².